The first kappa shape index (κ1) is 18.3. The third kappa shape index (κ3) is 3.10. The molecule has 3 aromatic heterocycles. The van der Waals surface area contributed by atoms with E-state index >= 15 is 0 Å². The van der Waals surface area contributed by atoms with E-state index in [4.69, 9.17) is 22.7 Å². The van der Waals surface area contributed by atoms with Crippen molar-refractivity contribution in [1.29, 1.82) is 5.26 Å². The van der Waals surface area contributed by atoms with E-state index in [2.05, 4.69) is 11.1 Å². The Hall–Kier alpha value is -4.78. The van der Waals surface area contributed by atoms with Gasteiger partial charge in [0.25, 0.3) is 5.69 Å². The predicted octanol–water partition coefficient (Wildman–Crippen LogP) is 5.06. The number of furan rings is 3. The number of hydrogen-bond donors (Lipinski definition) is 0. The molecule has 0 fully saturated rings. The van der Waals surface area contributed by atoms with Crippen molar-refractivity contribution in [2.24, 2.45) is 4.99 Å². The fourth-order valence-electron chi connectivity index (χ4n) is 3.19. The summed E-state index contributed by atoms with van der Waals surface area (Å²) in [5.41, 5.74) is 0.403. The smallest absolute Gasteiger partial charge is 0.282 e. The van der Waals surface area contributed by atoms with Crippen molar-refractivity contribution >= 4 is 17.8 Å². The van der Waals surface area contributed by atoms with Gasteiger partial charge in [0, 0.05) is 6.21 Å². The van der Waals surface area contributed by atoms with E-state index in [0.717, 1.165) is 0 Å². The minimum atomic E-state index is -0.556. The average molecular weight is 417 g/mol. The van der Waals surface area contributed by atoms with Crippen molar-refractivity contribution in [2.75, 3.05) is 6.79 Å². The quantitative estimate of drug-likeness (QED) is 0.250. The number of nitro groups is 1. The fraction of sp³-hybridized carbons (Fsp3) is 0.0476. The molecule has 1 aliphatic rings. The van der Waals surface area contributed by atoms with E-state index in [1.165, 1.54) is 30.9 Å². The van der Waals surface area contributed by atoms with Gasteiger partial charge in [0.05, 0.1) is 34.6 Å². The number of nitrogens with zero attached hydrogens (tertiary/aromatic N) is 3. The van der Waals surface area contributed by atoms with E-state index in [1.807, 2.05) is 0 Å². The summed E-state index contributed by atoms with van der Waals surface area (Å²) in [4.78, 5) is 15.1. The normalized spacial score (nSPS) is 12.4. The monoisotopic (exact) mass is 417 g/mol. The maximum absolute atomic E-state index is 11.5. The fourth-order valence-corrected chi connectivity index (χ4v) is 3.19. The molecule has 4 aromatic rings. The lowest BCUT2D eigenvalue weighted by atomic mass is 10.1. The molecule has 0 atom stereocenters. The number of nitro benzene ring substituents is 1. The Morgan fingerprint density at radius 3 is 2.45 bits per heavy atom. The van der Waals surface area contributed by atoms with Crippen molar-refractivity contribution < 1.29 is 27.6 Å². The van der Waals surface area contributed by atoms with Crippen LogP contribution in [0.5, 0.6) is 11.5 Å². The predicted molar refractivity (Wildman–Crippen MR) is 105 cm³/mol. The van der Waals surface area contributed by atoms with Gasteiger partial charge in [0.2, 0.25) is 12.7 Å². The van der Waals surface area contributed by atoms with Crippen LogP contribution in [0.2, 0.25) is 0 Å². The number of ether oxygens (including phenoxy) is 2. The van der Waals surface area contributed by atoms with Crippen molar-refractivity contribution in [3.8, 4) is 40.4 Å². The molecule has 0 bridgehead atoms. The molecule has 10 heteroatoms. The molecule has 1 aromatic carbocycles. The number of benzene rings is 1. The molecule has 5 rings (SSSR count). The van der Waals surface area contributed by atoms with Gasteiger partial charge < -0.3 is 22.7 Å². The molecule has 0 spiro atoms. The maximum Gasteiger partial charge on any atom is 0.282 e. The van der Waals surface area contributed by atoms with Crippen LogP contribution in [0.15, 0.2) is 67.2 Å². The van der Waals surface area contributed by atoms with E-state index in [0.29, 0.717) is 22.8 Å². The zero-order chi connectivity index (χ0) is 21.4. The van der Waals surface area contributed by atoms with Crippen LogP contribution in [0.25, 0.3) is 22.8 Å². The number of rotatable bonds is 5. The number of fused-ring (bicyclic) bond motifs is 1. The SMILES string of the molecule is N#Cc1c(N=Cc2cc3c(cc2[N+](=O)[O-])OCO3)oc(-c2ccco2)c1-c1ccco1. The summed E-state index contributed by atoms with van der Waals surface area (Å²) in [7, 11) is 0. The second kappa shape index (κ2) is 7.23. The van der Waals surface area contributed by atoms with E-state index in [-0.39, 0.29) is 41.0 Å². The Kier molecular flexibility index (Phi) is 4.26. The highest BCUT2D eigenvalue weighted by atomic mass is 16.7. The Morgan fingerprint density at radius 1 is 1.10 bits per heavy atom. The highest BCUT2D eigenvalue weighted by Crippen LogP contribution is 2.43. The Balaban J connectivity index is 1.64. The van der Waals surface area contributed by atoms with Gasteiger partial charge in [-0.3, -0.25) is 10.1 Å². The van der Waals surface area contributed by atoms with Gasteiger partial charge in [-0.2, -0.15) is 5.26 Å². The lowest BCUT2D eigenvalue weighted by molar-refractivity contribution is -0.385. The van der Waals surface area contributed by atoms with Crippen molar-refractivity contribution in [3.63, 3.8) is 0 Å². The summed E-state index contributed by atoms with van der Waals surface area (Å²) in [6.45, 7) is -0.0249. The molecule has 4 heterocycles. The van der Waals surface area contributed by atoms with Gasteiger partial charge in [-0.1, -0.05) is 0 Å². The van der Waals surface area contributed by atoms with Crippen molar-refractivity contribution in [3.05, 3.63) is 70.2 Å². The minimum absolute atomic E-state index is 0.0249. The molecule has 0 saturated heterocycles. The standard InChI is InChI=1S/C21H11N3O7/c22-9-13-19(15-3-1-5-27-15)20(16-4-2-6-28-16)31-21(13)23-10-12-7-17-18(30-11-29-17)8-14(12)24(25)26/h1-8,10H,11H2. The Bertz CT molecular complexity index is 1340. The number of hydrogen-bond acceptors (Lipinski definition) is 9. The van der Waals surface area contributed by atoms with Gasteiger partial charge in [0.1, 0.15) is 17.4 Å². The minimum Gasteiger partial charge on any atom is -0.464 e. The molecular formula is C21H11N3O7. The zero-order valence-electron chi connectivity index (χ0n) is 15.6. The molecule has 1 aliphatic heterocycles. The van der Waals surface area contributed by atoms with Gasteiger partial charge in [0.15, 0.2) is 23.0 Å². The van der Waals surface area contributed by atoms with Crippen LogP contribution in [0.4, 0.5) is 11.6 Å². The van der Waals surface area contributed by atoms with Gasteiger partial charge in [-0.25, -0.2) is 4.99 Å². The van der Waals surface area contributed by atoms with Crippen LogP contribution in [-0.4, -0.2) is 17.9 Å². The molecule has 152 valence electrons. The second-order valence-electron chi connectivity index (χ2n) is 6.33. The molecule has 0 N–H and O–H groups in total. The van der Waals surface area contributed by atoms with Crippen molar-refractivity contribution in [1.82, 2.24) is 0 Å². The summed E-state index contributed by atoms with van der Waals surface area (Å²) in [5, 5.41) is 21.2. The third-order valence-electron chi connectivity index (χ3n) is 4.55. The van der Waals surface area contributed by atoms with Crippen LogP contribution in [0.3, 0.4) is 0 Å². The van der Waals surface area contributed by atoms with Crippen LogP contribution in [0, 0.1) is 21.4 Å². The maximum atomic E-state index is 11.5. The van der Waals surface area contributed by atoms with E-state index in [1.54, 1.807) is 24.3 Å². The van der Waals surface area contributed by atoms with Gasteiger partial charge in [-0.05, 0) is 30.3 Å². The van der Waals surface area contributed by atoms with Gasteiger partial charge >= 0.3 is 0 Å². The average Bonchev–Trinajstić information content (AvgIpc) is 3.56. The summed E-state index contributed by atoms with van der Waals surface area (Å²) >= 11 is 0. The highest BCUT2D eigenvalue weighted by Gasteiger charge is 2.27. The topological polar surface area (TPSA) is 137 Å². The second-order valence-corrected chi connectivity index (χ2v) is 6.33. The first-order chi connectivity index (χ1) is 15.2. The van der Waals surface area contributed by atoms with Crippen molar-refractivity contribution in [2.45, 2.75) is 0 Å². The number of aliphatic imine (C=N–C) groups is 1. The molecule has 10 nitrogen and oxygen atoms in total. The first-order valence-corrected chi connectivity index (χ1v) is 8.92. The van der Waals surface area contributed by atoms with E-state index < -0.39 is 4.92 Å². The summed E-state index contributed by atoms with van der Waals surface area (Å²) in [5.74, 6) is 1.61. The van der Waals surface area contributed by atoms with Crippen LogP contribution in [0.1, 0.15) is 11.1 Å². The largest absolute Gasteiger partial charge is 0.464 e. The lowest BCUT2D eigenvalue weighted by Gasteiger charge is -2.00. The van der Waals surface area contributed by atoms with Crippen LogP contribution >= 0.6 is 0 Å². The summed E-state index contributed by atoms with van der Waals surface area (Å²) in [6.07, 6.45) is 4.17. The Morgan fingerprint density at radius 2 is 1.81 bits per heavy atom. The third-order valence-corrected chi connectivity index (χ3v) is 4.55. The Labute approximate surface area is 173 Å². The van der Waals surface area contributed by atoms with E-state index in [9.17, 15) is 15.4 Å². The zero-order valence-corrected chi connectivity index (χ0v) is 15.6. The number of nitriles is 1. The molecule has 0 aliphatic carbocycles. The molecule has 31 heavy (non-hydrogen) atoms. The molecule has 0 amide bonds. The summed E-state index contributed by atoms with van der Waals surface area (Å²) < 4.78 is 27.2. The van der Waals surface area contributed by atoms with Gasteiger partial charge in [-0.15, -0.1) is 0 Å². The van der Waals surface area contributed by atoms with Crippen LogP contribution in [-0.2, 0) is 0 Å². The summed E-state index contributed by atoms with van der Waals surface area (Å²) in [6, 6.07) is 11.5. The lowest BCUT2D eigenvalue weighted by Crippen LogP contribution is -1.94. The molecule has 0 radical (unpaired) electrons. The molecule has 0 unspecified atom stereocenters. The molecule has 0 saturated carbocycles. The highest BCUT2D eigenvalue weighted by molar-refractivity contribution is 5.90. The van der Waals surface area contributed by atoms with Crippen LogP contribution < -0.4 is 9.47 Å². The first-order valence-electron chi connectivity index (χ1n) is 8.92. The molecular weight excluding hydrogens is 406 g/mol.